The summed E-state index contributed by atoms with van der Waals surface area (Å²) in [6, 6.07) is 18.7. The van der Waals surface area contributed by atoms with Crippen molar-refractivity contribution in [2.75, 3.05) is 19.7 Å². The number of nitrogens with zero attached hydrogens (tertiary/aromatic N) is 1. The summed E-state index contributed by atoms with van der Waals surface area (Å²) < 4.78 is 5.81. The highest BCUT2D eigenvalue weighted by Crippen LogP contribution is 2.19. The first kappa shape index (κ1) is 18.5. The Morgan fingerprint density at radius 2 is 1.85 bits per heavy atom. The molecule has 0 spiro atoms. The number of benzene rings is 2. The molecule has 1 atom stereocenters. The number of carbonyl (C=O) groups is 1. The van der Waals surface area contributed by atoms with Gasteiger partial charge in [-0.25, -0.2) is 4.79 Å². The number of likely N-dealkylation sites (tertiary alicyclic amines) is 1. The van der Waals surface area contributed by atoms with E-state index in [2.05, 4.69) is 48.6 Å². The van der Waals surface area contributed by atoms with E-state index in [1.54, 1.807) is 0 Å². The highest BCUT2D eigenvalue weighted by molar-refractivity contribution is 5.74. The summed E-state index contributed by atoms with van der Waals surface area (Å²) in [5.74, 6) is 0. The minimum absolute atomic E-state index is 0.00179. The van der Waals surface area contributed by atoms with E-state index in [4.69, 9.17) is 4.74 Å². The minimum atomic E-state index is 0.00179. The fourth-order valence-corrected chi connectivity index (χ4v) is 3.28. The van der Waals surface area contributed by atoms with Gasteiger partial charge in [-0.3, -0.25) is 0 Å². The molecule has 2 aromatic carbocycles. The number of ether oxygens (including phenoxy) is 1. The molecule has 4 heteroatoms. The van der Waals surface area contributed by atoms with Crippen molar-refractivity contribution in [3.63, 3.8) is 0 Å². The van der Waals surface area contributed by atoms with E-state index in [0.29, 0.717) is 13.1 Å². The van der Waals surface area contributed by atoms with Crippen LogP contribution in [0.15, 0.2) is 54.6 Å². The SMILES string of the molecule is CCCO[C@H]1CCCN(C(=O)NCc2ccc(-c3ccccc3)cc2)C1. The highest BCUT2D eigenvalue weighted by Gasteiger charge is 2.23. The Bertz CT molecular complexity index is 685. The Morgan fingerprint density at radius 3 is 2.58 bits per heavy atom. The quantitative estimate of drug-likeness (QED) is 0.834. The van der Waals surface area contributed by atoms with Gasteiger partial charge in [-0.05, 0) is 36.0 Å². The molecule has 138 valence electrons. The van der Waals surface area contributed by atoms with E-state index in [-0.39, 0.29) is 12.1 Å². The zero-order valence-electron chi connectivity index (χ0n) is 15.5. The Hall–Kier alpha value is -2.33. The van der Waals surface area contributed by atoms with Crippen molar-refractivity contribution in [1.82, 2.24) is 10.2 Å². The van der Waals surface area contributed by atoms with Crippen LogP contribution in [0.3, 0.4) is 0 Å². The standard InChI is InChI=1S/C22H28N2O2/c1-2-15-26-21-9-6-14-24(17-21)22(25)23-16-18-10-12-20(13-11-18)19-7-4-3-5-8-19/h3-5,7-8,10-13,21H,2,6,9,14-17H2,1H3,(H,23,25)/t21-/m0/s1. The number of urea groups is 1. The Kier molecular flexibility index (Phi) is 6.67. The summed E-state index contributed by atoms with van der Waals surface area (Å²) in [7, 11) is 0. The Balaban J connectivity index is 1.49. The molecule has 0 aliphatic carbocycles. The molecule has 2 aromatic rings. The van der Waals surface area contributed by atoms with Gasteiger partial charge in [0.05, 0.1) is 6.10 Å². The molecule has 1 fully saturated rings. The summed E-state index contributed by atoms with van der Waals surface area (Å²) in [4.78, 5) is 14.3. The maximum absolute atomic E-state index is 12.4. The molecule has 3 rings (SSSR count). The zero-order chi connectivity index (χ0) is 18.2. The van der Waals surface area contributed by atoms with Crippen LogP contribution in [0.4, 0.5) is 4.79 Å². The van der Waals surface area contributed by atoms with Crippen LogP contribution in [0.5, 0.6) is 0 Å². The molecule has 0 unspecified atom stereocenters. The van der Waals surface area contributed by atoms with Crippen LogP contribution in [0.2, 0.25) is 0 Å². The van der Waals surface area contributed by atoms with Gasteiger partial charge in [-0.15, -0.1) is 0 Å². The van der Waals surface area contributed by atoms with E-state index < -0.39 is 0 Å². The maximum atomic E-state index is 12.4. The third-order valence-corrected chi connectivity index (χ3v) is 4.73. The first-order chi connectivity index (χ1) is 12.8. The first-order valence-corrected chi connectivity index (χ1v) is 9.55. The summed E-state index contributed by atoms with van der Waals surface area (Å²) in [6.07, 6.45) is 3.25. The monoisotopic (exact) mass is 352 g/mol. The second-order valence-electron chi connectivity index (χ2n) is 6.80. The normalized spacial score (nSPS) is 17.1. The van der Waals surface area contributed by atoms with Crippen LogP contribution >= 0.6 is 0 Å². The number of piperidine rings is 1. The van der Waals surface area contributed by atoms with Crippen molar-refractivity contribution in [2.45, 2.75) is 38.8 Å². The van der Waals surface area contributed by atoms with E-state index in [1.165, 1.54) is 11.1 Å². The number of rotatable bonds is 6. The molecular weight excluding hydrogens is 324 g/mol. The molecule has 0 aromatic heterocycles. The van der Waals surface area contributed by atoms with Crippen molar-refractivity contribution < 1.29 is 9.53 Å². The number of hydrogen-bond donors (Lipinski definition) is 1. The van der Waals surface area contributed by atoms with Crippen LogP contribution in [0.1, 0.15) is 31.7 Å². The van der Waals surface area contributed by atoms with Gasteiger partial charge < -0.3 is 15.0 Å². The number of amides is 2. The van der Waals surface area contributed by atoms with Crippen LogP contribution in [-0.4, -0.2) is 36.7 Å². The van der Waals surface area contributed by atoms with Crippen LogP contribution in [0.25, 0.3) is 11.1 Å². The van der Waals surface area contributed by atoms with Crippen LogP contribution < -0.4 is 5.32 Å². The minimum Gasteiger partial charge on any atom is -0.376 e. The van der Waals surface area contributed by atoms with Gasteiger partial charge in [-0.1, -0.05) is 61.5 Å². The lowest BCUT2D eigenvalue weighted by molar-refractivity contribution is 0.0100. The fraction of sp³-hybridized carbons (Fsp3) is 0.409. The van der Waals surface area contributed by atoms with Gasteiger partial charge in [-0.2, -0.15) is 0 Å². The van der Waals surface area contributed by atoms with Crippen LogP contribution in [-0.2, 0) is 11.3 Å². The van der Waals surface area contributed by atoms with E-state index >= 15 is 0 Å². The zero-order valence-corrected chi connectivity index (χ0v) is 15.5. The average molecular weight is 352 g/mol. The second kappa shape index (κ2) is 9.39. The molecule has 26 heavy (non-hydrogen) atoms. The third-order valence-electron chi connectivity index (χ3n) is 4.73. The molecular formula is C22H28N2O2. The average Bonchev–Trinajstić information content (AvgIpc) is 2.71. The van der Waals surface area contributed by atoms with Gasteiger partial charge in [0, 0.05) is 26.2 Å². The number of nitrogens with one attached hydrogen (secondary N) is 1. The van der Waals surface area contributed by atoms with Crippen molar-refractivity contribution in [2.24, 2.45) is 0 Å². The van der Waals surface area contributed by atoms with Gasteiger partial charge in [0.25, 0.3) is 0 Å². The van der Waals surface area contributed by atoms with E-state index in [1.807, 2.05) is 23.1 Å². The predicted octanol–water partition coefficient (Wildman–Crippen LogP) is 4.45. The second-order valence-corrected chi connectivity index (χ2v) is 6.80. The lowest BCUT2D eigenvalue weighted by Gasteiger charge is -2.32. The summed E-state index contributed by atoms with van der Waals surface area (Å²) in [5.41, 5.74) is 3.50. The molecule has 0 saturated carbocycles. The van der Waals surface area contributed by atoms with Gasteiger partial charge in [0.1, 0.15) is 0 Å². The maximum Gasteiger partial charge on any atom is 0.317 e. The highest BCUT2D eigenvalue weighted by atomic mass is 16.5. The molecule has 1 saturated heterocycles. The lowest BCUT2D eigenvalue weighted by atomic mass is 10.0. The largest absolute Gasteiger partial charge is 0.376 e. The molecule has 0 radical (unpaired) electrons. The molecule has 1 aliphatic rings. The predicted molar refractivity (Wildman–Crippen MR) is 105 cm³/mol. The van der Waals surface area contributed by atoms with E-state index in [0.717, 1.165) is 38.0 Å². The van der Waals surface area contributed by atoms with Gasteiger partial charge in [0.2, 0.25) is 0 Å². The fourth-order valence-electron chi connectivity index (χ4n) is 3.28. The smallest absolute Gasteiger partial charge is 0.317 e. The molecule has 1 heterocycles. The Morgan fingerprint density at radius 1 is 1.12 bits per heavy atom. The summed E-state index contributed by atoms with van der Waals surface area (Å²) >= 11 is 0. The molecule has 1 N–H and O–H groups in total. The molecule has 0 bridgehead atoms. The Labute approximate surface area is 156 Å². The third kappa shape index (κ3) is 5.09. The van der Waals surface area contributed by atoms with Crippen molar-refractivity contribution in [1.29, 1.82) is 0 Å². The number of hydrogen-bond acceptors (Lipinski definition) is 2. The van der Waals surface area contributed by atoms with Crippen molar-refractivity contribution in [3.05, 3.63) is 60.2 Å². The number of carbonyl (C=O) groups excluding carboxylic acids is 1. The molecule has 2 amide bonds. The van der Waals surface area contributed by atoms with Gasteiger partial charge >= 0.3 is 6.03 Å². The van der Waals surface area contributed by atoms with Gasteiger partial charge in [0.15, 0.2) is 0 Å². The van der Waals surface area contributed by atoms with E-state index in [9.17, 15) is 4.79 Å². The summed E-state index contributed by atoms with van der Waals surface area (Å²) in [6.45, 7) is 4.93. The topological polar surface area (TPSA) is 41.6 Å². The van der Waals surface area contributed by atoms with Crippen LogP contribution in [0, 0.1) is 0 Å². The van der Waals surface area contributed by atoms with Crippen molar-refractivity contribution in [3.8, 4) is 11.1 Å². The molecule has 4 nitrogen and oxygen atoms in total. The summed E-state index contributed by atoms with van der Waals surface area (Å²) in [5, 5.41) is 3.04. The molecule has 1 aliphatic heterocycles. The van der Waals surface area contributed by atoms with Crippen molar-refractivity contribution >= 4 is 6.03 Å². The lowest BCUT2D eigenvalue weighted by Crippen LogP contribution is -2.47. The first-order valence-electron chi connectivity index (χ1n) is 9.55.